The van der Waals surface area contributed by atoms with Crippen LogP contribution in [0, 0.1) is 5.92 Å². The van der Waals surface area contributed by atoms with Gasteiger partial charge in [0.1, 0.15) is 5.75 Å². The van der Waals surface area contributed by atoms with Crippen molar-refractivity contribution in [2.45, 2.75) is 32.2 Å². The van der Waals surface area contributed by atoms with E-state index in [1.807, 2.05) is 31.2 Å². The maximum atomic E-state index is 12.6. The highest BCUT2D eigenvalue weighted by molar-refractivity contribution is 6.31. The van der Waals surface area contributed by atoms with Crippen molar-refractivity contribution in [3.05, 3.63) is 58.1 Å². The zero-order valence-corrected chi connectivity index (χ0v) is 18.2. The molecule has 8 heteroatoms. The number of halogens is 2. The monoisotopic (exact) mass is 449 g/mol. The first-order valence-electron chi connectivity index (χ1n) is 9.91. The molecule has 1 atom stereocenters. The minimum absolute atomic E-state index is 0.0305. The van der Waals surface area contributed by atoms with Crippen molar-refractivity contribution >= 4 is 40.8 Å². The lowest BCUT2D eigenvalue weighted by Crippen LogP contribution is -2.48. The van der Waals surface area contributed by atoms with Crippen LogP contribution in [0.4, 0.5) is 10.5 Å². The largest absolute Gasteiger partial charge is 0.506 e. The third kappa shape index (κ3) is 5.80. The molecule has 3 N–H and O–H groups in total. The highest BCUT2D eigenvalue weighted by atomic mass is 35.5. The Balaban J connectivity index is 1.47. The van der Waals surface area contributed by atoms with E-state index in [0.717, 1.165) is 5.56 Å². The number of benzene rings is 2. The molecule has 3 amide bonds. The normalized spacial score (nSPS) is 15.5. The molecule has 1 saturated heterocycles. The second-order valence-corrected chi connectivity index (χ2v) is 8.40. The van der Waals surface area contributed by atoms with Crippen LogP contribution >= 0.6 is 23.2 Å². The smallest absolute Gasteiger partial charge is 0.317 e. The summed E-state index contributed by atoms with van der Waals surface area (Å²) in [6.45, 7) is 2.92. The van der Waals surface area contributed by atoms with Gasteiger partial charge in [-0.1, -0.05) is 41.4 Å². The number of hydrogen-bond acceptors (Lipinski definition) is 3. The fraction of sp³-hybridized carbons (Fsp3) is 0.364. The number of amides is 3. The van der Waals surface area contributed by atoms with E-state index in [2.05, 4.69) is 10.6 Å². The van der Waals surface area contributed by atoms with Gasteiger partial charge in [-0.25, -0.2) is 4.79 Å². The van der Waals surface area contributed by atoms with Gasteiger partial charge in [-0.2, -0.15) is 0 Å². The molecule has 1 aliphatic heterocycles. The molecule has 2 aromatic rings. The molecule has 160 valence electrons. The molecule has 0 aromatic heterocycles. The van der Waals surface area contributed by atoms with Crippen molar-refractivity contribution in [1.82, 2.24) is 10.2 Å². The highest BCUT2D eigenvalue weighted by Crippen LogP contribution is 2.28. The lowest BCUT2D eigenvalue weighted by molar-refractivity contribution is -0.121. The van der Waals surface area contributed by atoms with Gasteiger partial charge in [0.25, 0.3) is 0 Å². The lowest BCUT2D eigenvalue weighted by atomic mass is 9.96. The van der Waals surface area contributed by atoms with Crippen molar-refractivity contribution < 1.29 is 14.7 Å². The van der Waals surface area contributed by atoms with Crippen LogP contribution in [-0.2, 0) is 11.2 Å². The first-order chi connectivity index (χ1) is 14.3. The second kappa shape index (κ2) is 10.0. The van der Waals surface area contributed by atoms with Gasteiger partial charge in [-0.05, 0) is 56.0 Å². The van der Waals surface area contributed by atoms with Gasteiger partial charge in [-0.3, -0.25) is 4.79 Å². The summed E-state index contributed by atoms with van der Waals surface area (Å²) in [5, 5.41) is 16.7. The number of rotatable bonds is 5. The van der Waals surface area contributed by atoms with E-state index in [4.69, 9.17) is 23.2 Å². The van der Waals surface area contributed by atoms with E-state index in [1.165, 1.54) is 12.1 Å². The van der Waals surface area contributed by atoms with Gasteiger partial charge in [0.15, 0.2) is 0 Å². The number of carbonyl (C=O) groups is 2. The minimum Gasteiger partial charge on any atom is -0.506 e. The summed E-state index contributed by atoms with van der Waals surface area (Å²) in [6.07, 6.45) is 1.76. The predicted molar refractivity (Wildman–Crippen MR) is 119 cm³/mol. The number of anilines is 1. The molecule has 0 saturated carbocycles. The van der Waals surface area contributed by atoms with E-state index >= 15 is 0 Å². The zero-order valence-electron chi connectivity index (χ0n) is 16.7. The molecule has 1 aliphatic rings. The Hall–Kier alpha value is -2.44. The van der Waals surface area contributed by atoms with Crippen molar-refractivity contribution in [1.29, 1.82) is 0 Å². The summed E-state index contributed by atoms with van der Waals surface area (Å²) < 4.78 is 0. The molecule has 2 aromatic carbocycles. The number of phenolic OH excluding ortho intramolecular Hbond substituents is 1. The van der Waals surface area contributed by atoms with Crippen LogP contribution in [0.1, 0.15) is 25.3 Å². The lowest BCUT2D eigenvalue weighted by Gasteiger charge is -2.32. The van der Waals surface area contributed by atoms with E-state index in [0.29, 0.717) is 48.1 Å². The molecule has 0 spiro atoms. The quantitative estimate of drug-likeness (QED) is 0.578. The summed E-state index contributed by atoms with van der Waals surface area (Å²) in [4.78, 5) is 26.8. The zero-order chi connectivity index (χ0) is 21.7. The number of nitrogens with one attached hydrogen (secondary N) is 2. The van der Waals surface area contributed by atoms with Gasteiger partial charge in [0, 0.05) is 35.1 Å². The molecule has 0 unspecified atom stereocenters. The standard InChI is InChI=1S/C22H25Cl2N3O3/c1-14(12-16-4-2-3-5-18(16)24)25-22(30)27-10-8-15(9-11-27)21(29)26-19-13-17(23)6-7-20(19)28/h2-7,13-15,28H,8-12H2,1H3,(H,25,30)(H,26,29)/t14-/m0/s1. The van der Waals surface area contributed by atoms with Gasteiger partial charge in [-0.15, -0.1) is 0 Å². The Morgan fingerprint density at radius 1 is 1.17 bits per heavy atom. The van der Waals surface area contributed by atoms with Crippen LogP contribution in [0.15, 0.2) is 42.5 Å². The molecule has 6 nitrogen and oxygen atoms in total. The molecule has 3 rings (SSSR count). The Kier molecular flexibility index (Phi) is 7.45. The maximum absolute atomic E-state index is 12.6. The highest BCUT2D eigenvalue weighted by Gasteiger charge is 2.28. The number of urea groups is 1. The Labute approximate surface area is 186 Å². The molecule has 0 aliphatic carbocycles. The average Bonchev–Trinajstić information content (AvgIpc) is 2.72. The number of aromatic hydroxyl groups is 1. The summed E-state index contributed by atoms with van der Waals surface area (Å²) >= 11 is 12.1. The van der Waals surface area contributed by atoms with E-state index in [9.17, 15) is 14.7 Å². The third-order valence-electron chi connectivity index (χ3n) is 5.22. The third-order valence-corrected chi connectivity index (χ3v) is 5.83. The number of piperidine rings is 1. The molecule has 0 bridgehead atoms. The Bertz CT molecular complexity index is 914. The van der Waals surface area contributed by atoms with Crippen molar-refractivity contribution in [3.63, 3.8) is 0 Å². The van der Waals surface area contributed by atoms with Gasteiger partial charge < -0.3 is 20.6 Å². The molecular formula is C22H25Cl2N3O3. The average molecular weight is 450 g/mol. The first kappa shape index (κ1) is 22.2. The van der Waals surface area contributed by atoms with Crippen LogP contribution in [0.25, 0.3) is 0 Å². The van der Waals surface area contributed by atoms with E-state index in [1.54, 1.807) is 11.0 Å². The fourth-order valence-electron chi connectivity index (χ4n) is 3.53. The molecule has 1 fully saturated rings. The van der Waals surface area contributed by atoms with E-state index < -0.39 is 0 Å². The van der Waals surface area contributed by atoms with Gasteiger partial charge in [0.2, 0.25) is 5.91 Å². The summed E-state index contributed by atoms with van der Waals surface area (Å²) in [5.41, 5.74) is 1.28. The maximum Gasteiger partial charge on any atom is 0.317 e. The van der Waals surface area contributed by atoms with Gasteiger partial charge in [0.05, 0.1) is 5.69 Å². The number of hydrogen-bond donors (Lipinski definition) is 3. The van der Waals surface area contributed by atoms with Crippen LogP contribution in [0.5, 0.6) is 5.75 Å². The molecular weight excluding hydrogens is 425 g/mol. The first-order valence-corrected chi connectivity index (χ1v) is 10.7. The summed E-state index contributed by atoms with van der Waals surface area (Å²) in [5.74, 6) is -0.440. The predicted octanol–water partition coefficient (Wildman–Crippen LogP) is 4.69. The molecule has 1 heterocycles. The molecule has 30 heavy (non-hydrogen) atoms. The number of likely N-dealkylation sites (tertiary alicyclic amines) is 1. The fourth-order valence-corrected chi connectivity index (χ4v) is 3.92. The van der Waals surface area contributed by atoms with Crippen molar-refractivity contribution in [2.75, 3.05) is 18.4 Å². The minimum atomic E-state index is -0.229. The summed E-state index contributed by atoms with van der Waals surface area (Å²) in [6, 6.07) is 11.9. The Morgan fingerprint density at radius 3 is 2.57 bits per heavy atom. The summed E-state index contributed by atoms with van der Waals surface area (Å²) in [7, 11) is 0. The van der Waals surface area contributed by atoms with Crippen molar-refractivity contribution in [2.24, 2.45) is 5.92 Å². The van der Waals surface area contributed by atoms with Crippen LogP contribution in [-0.4, -0.2) is 41.1 Å². The number of carbonyl (C=O) groups excluding carboxylic acids is 2. The number of phenols is 1. The molecule has 0 radical (unpaired) electrons. The van der Waals surface area contributed by atoms with Crippen LogP contribution < -0.4 is 10.6 Å². The SMILES string of the molecule is C[C@@H](Cc1ccccc1Cl)NC(=O)N1CCC(C(=O)Nc2cc(Cl)ccc2O)CC1. The Morgan fingerprint density at radius 2 is 1.87 bits per heavy atom. The van der Waals surface area contributed by atoms with E-state index in [-0.39, 0.29) is 29.6 Å². The number of nitrogens with zero attached hydrogens (tertiary/aromatic N) is 1. The van der Waals surface area contributed by atoms with Gasteiger partial charge >= 0.3 is 6.03 Å². The second-order valence-electron chi connectivity index (χ2n) is 7.56. The van der Waals surface area contributed by atoms with Crippen molar-refractivity contribution in [3.8, 4) is 5.75 Å². The van der Waals surface area contributed by atoms with Crippen LogP contribution in [0.3, 0.4) is 0 Å². The topological polar surface area (TPSA) is 81.7 Å². The van der Waals surface area contributed by atoms with Crippen LogP contribution in [0.2, 0.25) is 10.0 Å².